The molecule has 0 N–H and O–H groups in total. The van der Waals surface area contributed by atoms with Crippen molar-refractivity contribution in [3.05, 3.63) is 0 Å². The van der Waals surface area contributed by atoms with Gasteiger partial charge in [0.25, 0.3) is 0 Å². The first-order valence-corrected chi connectivity index (χ1v) is 6.34. The molecule has 0 aliphatic carbocycles. The molecule has 4 atom stereocenters. The van der Waals surface area contributed by atoms with Crippen molar-refractivity contribution in [2.75, 3.05) is 13.2 Å². The van der Waals surface area contributed by atoms with Crippen molar-refractivity contribution in [2.45, 2.75) is 51.6 Å². The lowest BCUT2D eigenvalue weighted by Crippen LogP contribution is -2.35. The average Bonchev–Trinajstić information content (AvgIpc) is 2.79. The first-order chi connectivity index (χ1) is 8.03. The lowest BCUT2D eigenvalue weighted by Gasteiger charge is -2.25. The first kappa shape index (κ1) is 12.8. The monoisotopic (exact) mass is 239 g/mol. The van der Waals surface area contributed by atoms with Gasteiger partial charge >= 0.3 is 0 Å². The summed E-state index contributed by atoms with van der Waals surface area (Å²) >= 11 is 0. The Morgan fingerprint density at radius 3 is 2.71 bits per heavy atom. The van der Waals surface area contributed by atoms with Crippen molar-refractivity contribution in [2.24, 2.45) is 11.8 Å². The van der Waals surface area contributed by atoms with Gasteiger partial charge in [0.2, 0.25) is 0 Å². The Hall–Kier alpha value is -0.630. The highest BCUT2D eigenvalue weighted by atomic mass is 16.7. The minimum atomic E-state index is -0.500. The van der Waals surface area contributed by atoms with Crippen LogP contribution in [0.3, 0.4) is 0 Å². The molecule has 2 aliphatic heterocycles. The molecule has 0 spiro atoms. The highest BCUT2D eigenvalue weighted by molar-refractivity contribution is 4.91. The highest BCUT2D eigenvalue weighted by Gasteiger charge is 2.45. The zero-order valence-electron chi connectivity index (χ0n) is 10.8. The second-order valence-electron chi connectivity index (χ2n) is 5.50. The molecule has 4 heteroatoms. The van der Waals surface area contributed by atoms with Gasteiger partial charge in [-0.2, -0.15) is 5.26 Å². The summed E-state index contributed by atoms with van der Waals surface area (Å²) in [6.45, 7) is 7.39. The molecule has 0 saturated carbocycles. The predicted octanol–water partition coefficient (Wildman–Crippen LogP) is 2.09. The maximum absolute atomic E-state index is 8.70. The third kappa shape index (κ3) is 2.79. The van der Waals surface area contributed by atoms with Crippen LogP contribution in [0.4, 0.5) is 0 Å². The molecular weight excluding hydrogens is 218 g/mol. The number of nitrogens with zero attached hydrogens (tertiary/aromatic N) is 1. The van der Waals surface area contributed by atoms with E-state index < -0.39 is 5.79 Å². The Morgan fingerprint density at radius 1 is 1.35 bits per heavy atom. The van der Waals surface area contributed by atoms with Crippen LogP contribution < -0.4 is 0 Å². The second kappa shape index (κ2) is 4.93. The van der Waals surface area contributed by atoms with Crippen molar-refractivity contribution in [1.82, 2.24) is 0 Å². The van der Waals surface area contributed by atoms with Crippen LogP contribution in [0.5, 0.6) is 0 Å². The fraction of sp³-hybridized carbons (Fsp3) is 0.923. The normalized spacial score (nSPS) is 40.4. The van der Waals surface area contributed by atoms with Crippen LogP contribution in [0.1, 0.15) is 33.6 Å². The van der Waals surface area contributed by atoms with Crippen LogP contribution in [-0.4, -0.2) is 31.2 Å². The summed E-state index contributed by atoms with van der Waals surface area (Å²) in [6, 6.07) is 2.21. The first-order valence-electron chi connectivity index (χ1n) is 6.34. The van der Waals surface area contributed by atoms with E-state index in [1.807, 2.05) is 13.8 Å². The minimum absolute atomic E-state index is 0.0126. The van der Waals surface area contributed by atoms with E-state index in [4.69, 9.17) is 19.5 Å². The number of ether oxygens (including phenoxy) is 3. The molecule has 0 radical (unpaired) electrons. The summed E-state index contributed by atoms with van der Waals surface area (Å²) in [4.78, 5) is 0. The summed E-state index contributed by atoms with van der Waals surface area (Å²) in [5, 5.41) is 8.70. The topological polar surface area (TPSA) is 51.5 Å². The van der Waals surface area contributed by atoms with E-state index >= 15 is 0 Å². The van der Waals surface area contributed by atoms with E-state index in [0.29, 0.717) is 24.9 Å². The van der Waals surface area contributed by atoms with Gasteiger partial charge in [-0.3, -0.25) is 0 Å². The molecular formula is C13H21NO3. The summed E-state index contributed by atoms with van der Waals surface area (Å²) in [6.07, 6.45) is 1.58. The lowest BCUT2D eigenvalue weighted by atomic mass is 9.86. The number of hydrogen-bond acceptors (Lipinski definition) is 4. The molecule has 0 aromatic heterocycles. The van der Waals surface area contributed by atoms with Gasteiger partial charge < -0.3 is 14.2 Å². The molecule has 0 aromatic rings. The maximum atomic E-state index is 8.70. The Morgan fingerprint density at radius 2 is 2.12 bits per heavy atom. The summed E-state index contributed by atoms with van der Waals surface area (Å²) in [5.41, 5.74) is 0. The SMILES string of the molecule is C[C@H]1CO[C@H]([C@H]2COC(C)(C)O2)[C@H]1CCC#N. The van der Waals surface area contributed by atoms with Gasteiger partial charge in [0.15, 0.2) is 5.79 Å². The molecule has 0 unspecified atom stereocenters. The third-order valence-corrected chi connectivity index (χ3v) is 3.69. The van der Waals surface area contributed by atoms with Crippen LogP contribution in [-0.2, 0) is 14.2 Å². The van der Waals surface area contributed by atoms with Crippen molar-refractivity contribution in [1.29, 1.82) is 5.26 Å². The zero-order valence-corrected chi connectivity index (χ0v) is 10.8. The van der Waals surface area contributed by atoms with Crippen LogP contribution in [0, 0.1) is 23.2 Å². The molecule has 0 amide bonds. The van der Waals surface area contributed by atoms with Gasteiger partial charge in [0, 0.05) is 6.42 Å². The van der Waals surface area contributed by atoms with Crippen LogP contribution in [0.15, 0.2) is 0 Å². The Kier molecular flexibility index (Phi) is 3.72. The van der Waals surface area contributed by atoms with E-state index in [0.717, 1.165) is 13.0 Å². The molecule has 2 fully saturated rings. The zero-order chi connectivity index (χ0) is 12.5. The fourth-order valence-electron chi connectivity index (χ4n) is 2.77. The van der Waals surface area contributed by atoms with E-state index in [1.165, 1.54) is 0 Å². The smallest absolute Gasteiger partial charge is 0.163 e. The average molecular weight is 239 g/mol. The summed E-state index contributed by atoms with van der Waals surface area (Å²) < 4.78 is 17.3. The third-order valence-electron chi connectivity index (χ3n) is 3.69. The molecule has 0 bridgehead atoms. The van der Waals surface area contributed by atoms with Gasteiger partial charge in [0.1, 0.15) is 6.10 Å². The fourth-order valence-corrected chi connectivity index (χ4v) is 2.77. The van der Waals surface area contributed by atoms with E-state index in [-0.39, 0.29) is 12.2 Å². The predicted molar refractivity (Wildman–Crippen MR) is 62.1 cm³/mol. The van der Waals surface area contributed by atoms with Gasteiger partial charge in [-0.05, 0) is 32.1 Å². The molecule has 4 nitrogen and oxygen atoms in total. The van der Waals surface area contributed by atoms with Gasteiger partial charge in [-0.15, -0.1) is 0 Å². The van der Waals surface area contributed by atoms with Gasteiger partial charge in [0.05, 0.1) is 25.4 Å². The lowest BCUT2D eigenvalue weighted by molar-refractivity contribution is -0.155. The van der Waals surface area contributed by atoms with Crippen molar-refractivity contribution < 1.29 is 14.2 Å². The van der Waals surface area contributed by atoms with Crippen LogP contribution in [0.25, 0.3) is 0 Å². The molecule has 17 heavy (non-hydrogen) atoms. The maximum Gasteiger partial charge on any atom is 0.163 e. The van der Waals surface area contributed by atoms with Crippen molar-refractivity contribution in [3.63, 3.8) is 0 Å². The molecule has 2 aliphatic rings. The van der Waals surface area contributed by atoms with Crippen molar-refractivity contribution in [3.8, 4) is 6.07 Å². The minimum Gasteiger partial charge on any atom is -0.375 e. The van der Waals surface area contributed by atoms with Crippen molar-refractivity contribution >= 4 is 0 Å². The number of nitriles is 1. The van der Waals surface area contributed by atoms with E-state index in [2.05, 4.69) is 13.0 Å². The van der Waals surface area contributed by atoms with Crippen LogP contribution >= 0.6 is 0 Å². The summed E-state index contributed by atoms with van der Waals surface area (Å²) in [5.74, 6) is 0.414. The van der Waals surface area contributed by atoms with E-state index in [9.17, 15) is 0 Å². The number of hydrogen-bond donors (Lipinski definition) is 0. The Labute approximate surface area is 103 Å². The summed E-state index contributed by atoms with van der Waals surface area (Å²) in [7, 11) is 0. The highest BCUT2D eigenvalue weighted by Crippen LogP contribution is 2.37. The second-order valence-corrected chi connectivity index (χ2v) is 5.50. The largest absolute Gasteiger partial charge is 0.375 e. The molecule has 2 saturated heterocycles. The van der Waals surface area contributed by atoms with Gasteiger partial charge in [-0.1, -0.05) is 6.92 Å². The quantitative estimate of drug-likeness (QED) is 0.756. The molecule has 0 aromatic carbocycles. The standard InChI is InChI=1S/C13H21NO3/c1-9-7-15-12(10(9)5-4-6-14)11-8-16-13(2,3)17-11/h9-12H,4-5,7-8H2,1-3H3/t9-,10-,11+,12-/m0/s1. The van der Waals surface area contributed by atoms with E-state index in [1.54, 1.807) is 0 Å². The van der Waals surface area contributed by atoms with Crippen LogP contribution in [0.2, 0.25) is 0 Å². The molecule has 2 heterocycles. The molecule has 2 rings (SSSR count). The molecule has 96 valence electrons. The van der Waals surface area contributed by atoms with Gasteiger partial charge in [-0.25, -0.2) is 0 Å². The Balaban J connectivity index is 1.98. The number of rotatable bonds is 3. The Bertz CT molecular complexity index is 310.